The van der Waals surface area contributed by atoms with E-state index in [9.17, 15) is 9.59 Å². The van der Waals surface area contributed by atoms with Gasteiger partial charge in [0.05, 0.1) is 6.54 Å². The molecule has 0 radical (unpaired) electrons. The van der Waals surface area contributed by atoms with Gasteiger partial charge in [0.2, 0.25) is 5.91 Å². The highest BCUT2D eigenvalue weighted by atomic mass is 35.5. The van der Waals surface area contributed by atoms with Crippen molar-refractivity contribution in [2.75, 3.05) is 6.54 Å². The maximum absolute atomic E-state index is 11.4. The van der Waals surface area contributed by atoms with Crippen LogP contribution in [0.5, 0.6) is 0 Å². The summed E-state index contributed by atoms with van der Waals surface area (Å²) < 4.78 is 0. The first-order chi connectivity index (χ1) is 9.02. The van der Waals surface area contributed by atoms with Gasteiger partial charge in [-0.3, -0.25) is 15.4 Å². The van der Waals surface area contributed by atoms with E-state index in [1.54, 1.807) is 0 Å². The average molecular weight is 282 g/mol. The number of imide groups is 1. The highest BCUT2D eigenvalue weighted by Gasteiger charge is 2.38. The first kappa shape index (κ1) is 13.8. The van der Waals surface area contributed by atoms with Gasteiger partial charge in [-0.1, -0.05) is 23.7 Å². The molecule has 4 N–H and O–H groups in total. The van der Waals surface area contributed by atoms with Crippen molar-refractivity contribution in [1.82, 2.24) is 10.6 Å². The first-order valence-corrected chi connectivity index (χ1v) is 6.50. The molecule has 102 valence electrons. The van der Waals surface area contributed by atoms with Crippen LogP contribution < -0.4 is 16.4 Å². The Morgan fingerprint density at radius 1 is 1.26 bits per heavy atom. The summed E-state index contributed by atoms with van der Waals surface area (Å²) in [6.07, 6.45) is 3.02. The van der Waals surface area contributed by atoms with Crippen LogP contribution in [0.4, 0.5) is 4.79 Å². The van der Waals surface area contributed by atoms with Crippen LogP contribution in [0.3, 0.4) is 0 Å². The lowest BCUT2D eigenvalue weighted by Crippen LogP contribution is -2.52. The van der Waals surface area contributed by atoms with E-state index in [1.165, 1.54) is 0 Å². The zero-order chi connectivity index (χ0) is 13.9. The monoisotopic (exact) mass is 281 g/mol. The Bertz CT molecular complexity index is 483. The summed E-state index contributed by atoms with van der Waals surface area (Å²) >= 11 is 5.87. The summed E-state index contributed by atoms with van der Waals surface area (Å²) in [4.78, 5) is 22.0. The van der Waals surface area contributed by atoms with Crippen LogP contribution in [-0.2, 0) is 10.3 Å². The normalized spacial score (nSPS) is 16.5. The van der Waals surface area contributed by atoms with Crippen molar-refractivity contribution in [3.05, 3.63) is 34.9 Å². The number of nitrogens with one attached hydrogen (secondary N) is 2. The molecular formula is C13H16ClN3O2. The molecule has 1 aliphatic carbocycles. The second kappa shape index (κ2) is 5.59. The molecule has 0 atom stereocenters. The molecule has 1 fully saturated rings. The summed E-state index contributed by atoms with van der Waals surface area (Å²) in [5.41, 5.74) is 5.81. The summed E-state index contributed by atoms with van der Waals surface area (Å²) in [6, 6.07) is 6.76. The van der Waals surface area contributed by atoms with Crippen LogP contribution in [0.1, 0.15) is 24.8 Å². The Morgan fingerprint density at radius 2 is 1.89 bits per heavy atom. The van der Waals surface area contributed by atoms with Gasteiger partial charge in [0.15, 0.2) is 0 Å². The van der Waals surface area contributed by atoms with Crippen LogP contribution in [0, 0.1) is 0 Å². The molecule has 5 nitrogen and oxygen atoms in total. The van der Waals surface area contributed by atoms with Gasteiger partial charge in [0, 0.05) is 10.6 Å². The molecule has 2 rings (SSSR count). The van der Waals surface area contributed by atoms with E-state index in [2.05, 4.69) is 5.32 Å². The number of urea groups is 1. The van der Waals surface area contributed by atoms with Gasteiger partial charge in [-0.25, -0.2) is 4.79 Å². The maximum atomic E-state index is 11.4. The van der Waals surface area contributed by atoms with Crippen molar-refractivity contribution in [3.8, 4) is 0 Å². The number of halogens is 1. The standard InChI is InChI=1S/C13H16ClN3O2/c14-10-4-2-9(3-5-10)13(6-1-7-13)16-8-11(18)17-12(15)19/h2-5,16H,1,6-8H2,(H3,15,17,18,19). The largest absolute Gasteiger partial charge is 0.351 e. The SMILES string of the molecule is NC(=O)NC(=O)CNC1(c2ccc(Cl)cc2)CCC1. The molecule has 1 aliphatic rings. The maximum Gasteiger partial charge on any atom is 0.318 e. The van der Waals surface area contributed by atoms with Crippen molar-refractivity contribution in [2.45, 2.75) is 24.8 Å². The number of carbonyl (C=O) groups is 2. The van der Waals surface area contributed by atoms with E-state index in [-0.39, 0.29) is 12.1 Å². The Kier molecular flexibility index (Phi) is 4.07. The molecule has 19 heavy (non-hydrogen) atoms. The summed E-state index contributed by atoms with van der Waals surface area (Å²) in [7, 11) is 0. The highest BCUT2D eigenvalue weighted by Crippen LogP contribution is 2.41. The molecule has 1 saturated carbocycles. The predicted octanol–water partition coefficient (Wildman–Crippen LogP) is 1.50. The predicted molar refractivity (Wildman–Crippen MR) is 72.7 cm³/mol. The Labute approximate surface area is 116 Å². The van der Waals surface area contributed by atoms with Gasteiger partial charge in [0.25, 0.3) is 0 Å². The number of benzene rings is 1. The fraction of sp³-hybridized carbons (Fsp3) is 0.385. The highest BCUT2D eigenvalue weighted by molar-refractivity contribution is 6.30. The van der Waals surface area contributed by atoms with Gasteiger partial charge in [-0.2, -0.15) is 0 Å². The number of primary amides is 1. The van der Waals surface area contributed by atoms with Crippen molar-refractivity contribution in [2.24, 2.45) is 5.73 Å². The third-order valence-corrected chi connectivity index (χ3v) is 3.71. The zero-order valence-electron chi connectivity index (χ0n) is 10.4. The van der Waals surface area contributed by atoms with E-state index < -0.39 is 11.9 Å². The van der Waals surface area contributed by atoms with Gasteiger partial charge >= 0.3 is 6.03 Å². The zero-order valence-corrected chi connectivity index (χ0v) is 11.2. The lowest BCUT2D eigenvalue weighted by Gasteiger charge is -2.43. The van der Waals surface area contributed by atoms with Crippen molar-refractivity contribution < 1.29 is 9.59 Å². The fourth-order valence-corrected chi connectivity index (χ4v) is 2.42. The van der Waals surface area contributed by atoms with Crippen LogP contribution in [-0.4, -0.2) is 18.5 Å². The van der Waals surface area contributed by atoms with Crippen molar-refractivity contribution in [1.29, 1.82) is 0 Å². The average Bonchev–Trinajstić information content (AvgIpc) is 2.29. The van der Waals surface area contributed by atoms with Crippen LogP contribution in [0.25, 0.3) is 0 Å². The topological polar surface area (TPSA) is 84.2 Å². The quantitative estimate of drug-likeness (QED) is 0.782. The molecule has 0 aromatic heterocycles. The number of carbonyl (C=O) groups excluding carboxylic acids is 2. The third kappa shape index (κ3) is 3.24. The second-order valence-electron chi connectivity index (χ2n) is 4.71. The van der Waals surface area contributed by atoms with E-state index in [1.807, 2.05) is 29.6 Å². The number of hydrogen-bond donors (Lipinski definition) is 3. The molecule has 0 unspecified atom stereocenters. The smallest absolute Gasteiger partial charge is 0.318 e. The molecule has 0 bridgehead atoms. The van der Waals surface area contributed by atoms with Gasteiger partial charge in [-0.05, 0) is 37.0 Å². The molecule has 0 aliphatic heterocycles. The Hall–Kier alpha value is -1.59. The summed E-state index contributed by atoms with van der Waals surface area (Å²) in [5.74, 6) is -0.423. The van der Waals surface area contributed by atoms with Crippen molar-refractivity contribution >= 4 is 23.5 Å². The van der Waals surface area contributed by atoms with E-state index in [4.69, 9.17) is 17.3 Å². The first-order valence-electron chi connectivity index (χ1n) is 6.12. The van der Waals surface area contributed by atoms with E-state index in [0.717, 1.165) is 24.8 Å². The van der Waals surface area contributed by atoms with E-state index >= 15 is 0 Å². The third-order valence-electron chi connectivity index (χ3n) is 3.45. The number of amides is 3. The van der Waals surface area contributed by atoms with Crippen LogP contribution >= 0.6 is 11.6 Å². The molecular weight excluding hydrogens is 266 g/mol. The Balaban J connectivity index is 2.01. The number of rotatable bonds is 4. The minimum atomic E-state index is -0.832. The van der Waals surface area contributed by atoms with Crippen LogP contribution in [0.2, 0.25) is 5.02 Å². The lowest BCUT2D eigenvalue weighted by atomic mass is 9.72. The summed E-state index contributed by atoms with van der Waals surface area (Å²) in [5, 5.41) is 5.94. The van der Waals surface area contributed by atoms with Crippen LogP contribution in [0.15, 0.2) is 24.3 Å². The molecule has 0 saturated heterocycles. The molecule has 0 heterocycles. The molecule has 6 heteroatoms. The molecule has 1 aromatic rings. The van der Waals surface area contributed by atoms with E-state index in [0.29, 0.717) is 5.02 Å². The molecule has 3 amide bonds. The van der Waals surface area contributed by atoms with Crippen molar-refractivity contribution in [3.63, 3.8) is 0 Å². The minimum Gasteiger partial charge on any atom is -0.351 e. The number of nitrogens with two attached hydrogens (primary N) is 1. The number of hydrogen-bond acceptors (Lipinski definition) is 3. The minimum absolute atomic E-state index is 0.0611. The lowest BCUT2D eigenvalue weighted by molar-refractivity contribution is -0.119. The molecule has 1 aromatic carbocycles. The van der Waals surface area contributed by atoms with Gasteiger partial charge < -0.3 is 5.73 Å². The second-order valence-corrected chi connectivity index (χ2v) is 5.14. The summed E-state index contributed by atoms with van der Waals surface area (Å²) in [6.45, 7) is 0.0611. The van der Waals surface area contributed by atoms with Gasteiger partial charge in [0.1, 0.15) is 0 Å². The fourth-order valence-electron chi connectivity index (χ4n) is 2.30. The molecule has 0 spiro atoms. The van der Waals surface area contributed by atoms with Gasteiger partial charge in [-0.15, -0.1) is 0 Å². The Morgan fingerprint density at radius 3 is 2.37 bits per heavy atom.